The molecule has 0 amide bonds. The Morgan fingerprint density at radius 1 is 1.00 bits per heavy atom. The molecule has 0 aliphatic carbocycles. The summed E-state index contributed by atoms with van der Waals surface area (Å²) in [5.41, 5.74) is 4.75. The van der Waals surface area contributed by atoms with Crippen LogP contribution < -0.4 is 0 Å². The monoisotopic (exact) mass is 238 g/mol. The van der Waals surface area contributed by atoms with Crippen LogP contribution in [0.3, 0.4) is 0 Å². The predicted molar refractivity (Wildman–Crippen MR) is 74.9 cm³/mol. The SMILES string of the molecule is Cc1ccc(CC(C=O)c2cccc(C)c2)cc1. The van der Waals surface area contributed by atoms with Crippen LogP contribution in [0.15, 0.2) is 48.5 Å². The topological polar surface area (TPSA) is 17.1 Å². The van der Waals surface area contributed by atoms with Gasteiger partial charge in [0.25, 0.3) is 0 Å². The van der Waals surface area contributed by atoms with Crippen LogP contribution >= 0.6 is 0 Å². The van der Waals surface area contributed by atoms with Crippen LogP contribution in [0.4, 0.5) is 0 Å². The molecular formula is C17H18O. The van der Waals surface area contributed by atoms with Crippen molar-refractivity contribution in [1.82, 2.24) is 0 Å². The molecule has 2 aromatic carbocycles. The lowest BCUT2D eigenvalue weighted by Crippen LogP contribution is -2.04. The summed E-state index contributed by atoms with van der Waals surface area (Å²) in [7, 11) is 0. The molecular weight excluding hydrogens is 220 g/mol. The number of hydrogen-bond donors (Lipinski definition) is 0. The number of aldehydes is 1. The summed E-state index contributed by atoms with van der Waals surface area (Å²) < 4.78 is 0. The minimum atomic E-state index is -0.0485. The molecule has 2 aromatic rings. The van der Waals surface area contributed by atoms with Crippen molar-refractivity contribution in [2.45, 2.75) is 26.2 Å². The predicted octanol–water partition coefficient (Wildman–Crippen LogP) is 3.83. The van der Waals surface area contributed by atoms with E-state index in [4.69, 9.17) is 0 Å². The highest BCUT2D eigenvalue weighted by Gasteiger charge is 2.11. The third-order valence-electron chi connectivity index (χ3n) is 3.21. The second-order valence-corrected chi connectivity index (χ2v) is 4.85. The minimum Gasteiger partial charge on any atom is -0.303 e. The van der Waals surface area contributed by atoms with Gasteiger partial charge in [-0.05, 0) is 31.4 Å². The van der Waals surface area contributed by atoms with E-state index in [0.29, 0.717) is 0 Å². The Bertz CT molecular complexity index is 526. The third-order valence-corrected chi connectivity index (χ3v) is 3.21. The Kier molecular flexibility index (Phi) is 3.93. The van der Waals surface area contributed by atoms with Crippen molar-refractivity contribution in [3.8, 4) is 0 Å². The van der Waals surface area contributed by atoms with Gasteiger partial charge < -0.3 is 4.79 Å². The summed E-state index contributed by atoms with van der Waals surface area (Å²) >= 11 is 0. The van der Waals surface area contributed by atoms with Gasteiger partial charge in [-0.15, -0.1) is 0 Å². The first kappa shape index (κ1) is 12.6. The molecule has 0 saturated carbocycles. The Hall–Kier alpha value is -1.89. The number of hydrogen-bond acceptors (Lipinski definition) is 1. The van der Waals surface area contributed by atoms with Crippen LogP contribution in [0, 0.1) is 13.8 Å². The molecule has 0 fully saturated rings. The molecule has 0 heterocycles. The average Bonchev–Trinajstić information content (AvgIpc) is 2.38. The van der Waals surface area contributed by atoms with E-state index in [0.717, 1.165) is 18.3 Å². The fraction of sp³-hybridized carbons (Fsp3) is 0.235. The molecule has 0 N–H and O–H groups in total. The van der Waals surface area contributed by atoms with Gasteiger partial charge in [-0.3, -0.25) is 0 Å². The first-order valence-electron chi connectivity index (χ1n) is 6.26. The van der Waals surface area contributed by atoms with Gasteiger partial charge in [0.2, 0.25) is 0 Å². The summed E-state index contributed by atoms with van der Waals surface area (Å²) in [6.07, 6.45) is 1.82. The lowest BCUT2D eigenvalue weighted by Gasteiger charge is -2.11. The summed E-state index contributed by atoms with van der Waals surface area (Å²) in [6.45, 7) is 4.12. The van der Waals surface area contributed by atoms with Gasteiger partial charge in [0, 0.05) is 5.92 Å². The highest BCUT2D eigenvalue weighted by atomic mass is 16.1. The molecule has 0 saturated heterocycles. The highest BCUT2D eigenvalue weighted by Crippen LogP contribution is 2.20. The van der Waals surface area contributed by atoms with Crippen molar-refractivity contribution in [2.75, 3.05) is 0 Å². The number of rotatable bonds is 4. The number of carbonyl (C=O) groups is 1. The van der Waals surface area contributed by atoms with Gasteiger partial charge in [0.05, 0.1) is 0 Å². The maximum absolute atomic E-state index is 11.3. The van der Waals surface area contributed by atoms with E-state index in [1.165, 1.54) is 16.7 Å². The molecule has 0 aliphatic heterocycles. The second-order valence-electron chi connectivity index (χ2n) is 4.85. The normalized spacial score (nSPS) is 12.1. The van der Waals surface area contributed by atoms with Gasteiger partial charge in [-0.25, -0.2) is 0 Å². The Morgan fingerprint density at radius 3 is 2.33 bits per heavy atom. The first-order valence-corrected chi connectivity index (χ1v) is 6.26. The van der Waals surface area contributed by atoms with Crippen LogP contribution in [-0.4, -0.2) is 6.29 Å². The molecule has 0 aliphatic rings. The zero-order valence-electron chi connectivity index (χ0n) is 10.9. The fourth-order valence-corrected chi connectivity index (χ4v) is 2.12. The molecule has 0 spiro atoms. The molecule has 0 bridgehead atoms. The fourth-order valence-electron chi connectivity index (χ4n) is 2.12. The molecule has 1 atom stereocenters. The van der Waals surface area contributed by atoms with Crippen molar-refractivity contribution in [2.24, 2.45) is 0 Å². The molecule has 0 aromatic heterocycles. The van der Waals surface area contributed by atoms with Crippen LogP contribution in [0.25, 0.3) is 0 Å². The molecule has 1 unspecified atom stereocenters. The zero-order chi connectivity index (χ0) is 13.0. The summed E-state index contributed by atoms with van der Waals surface area (Å²) in [4.78, 5) is 11.3. The van der Waals surface area contributed by atoms with Crippen molar-refractivity contribution in [1.29, 1.82) is 0 Å². The van der Waals surface area contributed by atoms with Gasteiger partial charge in [-0.1, -0.05) is 59.7 Å². The molecule has 1 heteroatoms. The van der Waals surface area contributed by atoms with Crippen molar-refractivity contribution in [3.63, 3.8) is 0 Å². The van der Waals surface area contributed by atoms with E-state index < -0.39 is 0 Å². The second kappa shape index (κ2) is 5.63. The van der Waals surface area contributed by atoms with Crippen LogP contribution in [0.2, 0.25) is 0 Å². The Labute approximate surface area is 108 Å². The van der Waals surface area contributed by atoms with Gasteiger partial charge in [0.1, 0.15) is 6.29 Å². The third kappa shape index (κ3) is 3.07. The largest absolute Gasteiger partial charge is 0.303 e. The van der Waals surface area contributed by atoms with Gasteiger partial charge >= 0.3 is 0 Å². The molecule has 92 valence electrons. The van der Waals surface area contributed by atoms with E-state index in [1.807, 2.05) is 12.1 Å². The molecule has 18 heavy (non-hydrogen) atoms. The highest BCUT2D eigenvalue weighted by molar-refractivity contribution is 5.63. The van der Waals surface area contributed by atoms with Crippen molar-refractivity contribution in [3.05, 3.63) is 70.8 Å². The minimum absolute atomic E-state index is 0.0485. The molecule has 1 nitrogen and oxygen atoms in total. The maximum atomic E-state index is 11.3. The smallest absolute Gasteiger partial charge is 0.127 e. The quantitative estimate of drug-likeness (QED) is 0.740. The van der Waals surface area contributed by atoms with E-state index in [-0.39, 0.29) is 5.92 Å². The Balaban J connectivity index is 2.19. The van der Waals surface area contributed by atoms with Crippen LogP contribution in [0.1, 0.15) is 28.2 Å². The zero-order valence-corrected chi connectivity index (χ0v) is 10.9. The molecule has 0 radical (unpaired) electrons. The first-order chi connectivity index (χ1) is 8.69. The van der Waals surface area contributed by atoms with Crippen molar-refractivity contribution < 1.29 is 4.79 Å². The number of carbonyl (C=O) groups excluding carboxylic acids is 1. The Morgan fingerprint density at radius 2 is 1.72 bits per heavy atom. The number of benzene rings is 2. The standard InChI is InChI=1S/C17H18O/c1-13-6-8-15(9-7-13)11-17(12-18)16-5-3-4-14(2)10-16/h3-10,12,17H,11H2,1-2H3. The lowest BCUT2D eigenvalue weighted by atomic mass is 9.92. The summed E-state index contributed by atoms with van der Waals surface area (Å²) in [5.74, 6) is -0.0485. The van der Waals surface area contributed by atoms with E-state index in [2.05, 4.69) is 50.2 Å². The van der Waals surface area contributed by atoms with E-state index >= 15 is 0 Å². The average molecular weight is 238 g/mol. The maximum Gasteiger partial charge on any atom is 0.127 e. The van der Waals surface area contributed by atoms with Crippen molar-refractivity contribution >= 4 is 6.29 Å². The lowest BCUT2D eigenvalue weighted by molar-refractivity contribution is -0.109. The summed E-state index contributed by atoms with van der Waals surface area (Å²) in [5, 5.41) is 0. The molecule has 2 rings (SSSR count). The van der Waals surface area contributed by atoms with Crippen LogP contribution in [0.5, 0.6) is 0 Å². The van der Waals surface area contributed by atoms with Gasteiger partial charge in [0.15, 0.2) is 0 Å². The van der Waals surface area contributed by atoms with Crippen LogP contribution in [-0.2, 0) is 11.2 Å². The van der Waals surface area contributed by atoms with Gasteiger partial charge in [-0.2, -0.15) is 0 Å². The van der Waals surface area contributed by atoms with E-state index in [9.17, 15) is 4.79 Å². The number of aryl methyl sites for hydroxylation is 2. The summed E-state index contributed by atoms with van der Waals surface area (Å²) in [6, 6.07) is 16.6. The van der Waals surface area contributed by atoms with E-state index in [1.54, 1.807) is 0 Å².